The van der Waals surface area contributed by atoms with Crippen LogP contribution in [0.3, 0.4) is 0 Å². The summed E-state index contributed by atoms with van der Waals surface area (Å²) in [7, 11) is 0. The third-order valence-corrected chi connectivity index (χ3v) is 2.86. The molecule has 1 rings (SSSR count). The molecule has 0 aromatic heterocycles. The fourth-order valence-electron chi connectivity index (χ4n) is 1.77. The molecule has 0 unspecified atom stereocenters. The van der Waals surface area contributed by atoms with Gasteiger partial charge < -0.3 is 10.1 Å². The SMILES string of the molecule is CCCNC(=O)C1(C(F)(F)F)CCOCC1. The maximum absolute atomic E-state index is 13.0. The Hall–Kier alpha value is -0.780. The average molecular weight is 239 g/mol. The largest absolute Gasteiger partial charge is 0.403 e. The van der Waals surface area contributed by atoms with Crippen LogP contribution in [-0.2, 0) is 9.53 Å². The molecule has 1 saturated heterocycles. The summed E-state index contributed by atoms with van der Waals surface area (Å²) in [6, 6.07) is 0. The van der Waals surface area contributed by atoms with Gasteiger partial charge >= 0.3 is 6.18 Å². The highest BCUT2D eigenvalue weighted by Crippen LogP contribution is 2.46. The molecule has 0 aliphatic carbocycles. The first-order valence-electron chi connectivity index (χ1n) is 5.37. The molecule has 0 bridgehead atoms. The molecule has 0 aromatic carbocycles. The second kappa shape index (κ2) is 5.03. The Balaban J connectivity index is 2.82. The van der Waals surface area contributed by atoms with Crippen molar-refractivity contribution in [3.63, 3.8) is 0 Å². The Kier molecular flexibility index (Phi) is 4.18. The zero-order valence-electron chi connectivity index (χ0n) is 9.19. The number of ether oxygens (including phenoxy) is 1. The summed E-state index contributed by atoms with van der Waals surface area (Å²) in [5.74, 6) is -0.912. The zero-order valence-corrected chi connectivity index (χ0v) is 9.19. The molecule has 0 saturated carbocycles. The zero-order chi connectivity index (χ0) is 12.2. The van der Waals surface area contributed by atoms with Crippen LogP contribution in [0.15, 0.2) is 0 Å². The van der Waals surface area contributed by atoms with E-state index in [1.54, 1.807) is 6.92 Å². The molecule has 1 heterocycles. The predicted octanol–water partition coefficient (Wildman–Crippen LogP) is 1.87. The fourth-order valence-corrected chi connectivity index (χ4v) is 1.77. The molecular formula is C10H16F3NO2. The smallest absolute Gasteiger partial charge is 0.381 e. The summed E-state index contributed by atoms with van der Waals surface area (Å²) in [6.07, 6.45) is -4.46. The normalized spacial score (nSPS) is 20.5. The van der Waals surface area contributed by atoms with Crippen molar-refractivity contribution < 1.29 is 22.7 Å². The van der Waals surface area contributed by atoms with Crippen molar-refractivity contribution in [2.24, 2.45) is 5.41 Å². The third kappa shape index (κ3) is 2.48. The summed E-state index contributed by atoms with van der Waals surface area (Å²) < 4.78 is 43.8. The number of carbonyl (C=O) groups is 1. The molecule has 94 valence electrons. The highest BCUT2D eigenvalue weighted by atomic mass is 19.4. The van der Waals surface area contributed by atoms with Gasteiger partial charge in [-0.1, -0.05) is 6.92 Å². The van der Waals surface area contributed by atoms with Crippen LogP contribution >= 0.6 is 0 Å². The van der Waals surface area contributed by atoms with E-state index in [1.165, 1.54) is 0 Å². The van der Waals surface area contributed by atoms with E-state index >= 15 is 0 Å². The van der Waals surface area contributed by atoms with Gasteiger partial charge in [-0.25, -0.2) is 0 Å². The van der Waals surface area contributed by atoms with Gasteiger partial charge in [0.05, 0.1) is 0 Å². The number of amides is 1. The van der Waals surface area contributed by atoms with E-state index in [0.717, 1.165) is 0 Å². The van der Waals surface area contributed by atoms with Crippen LogP contribution in [-0.4, -0.2) is 31.8 Å². The molecule has 0 aromatic rings. The van der Waals surface area contributed by atoms with Gasteiger partial charge in [-0.15, -0.1) is 0 Å². The summed E-state index contributed by atoms with van der Waals surface area (Å²) in [5, 5.41) is 2.33. The van der Waals surface area contributed by atoms with Crippen molar-refractivity contribution in [3.05, 3.63) is 0 Å². The van der Waals surface area contributed by atoms with Gasteiger partial charge in [0.25, 0.3) is 0 Å². The molecule has 0 spiro atoms. The van der Waals surface area contributed by atoms with Crippen LogP contribution in [0.1, 0.15) is 26.2 Å². The van der Waals surface area contributed by atoms with Gasteiger partial charge in [0.2, 0.25) is 5.91 Å². The lowest BCUT2D eigenvalue weighted by atomic mass is 9.78. The second-order valence-electron chi connectivity index (χ2n) is 3.95. The van der Waals surface area contributed by atoms with Crippen LogP contribution in [0.5, 0.6) is 0 Å². The number of halogens is 3. The fraction of sp³-hybridized carbons (Fsp3) is 0.900. The maximum Gasteiger partial charge on any atom is 0.403 e. The minimum absolute atomic E-state index is 0.0148. The van der Waals surface area contributed by atoms with Gasteiger partial charge in [-0.3, -0.25) is 4.79 Å². The van der Waals surface area contributed by atoms with Crippen molar-refractivity contribution in [3.8, 4) is 0 Å². The Morgan fingerprint density at radius 1 is 1.38 bits per heavy atom. The summed E-state index contributed by atoms with van der Waals surface area (Å²) in [5.41, 5.74) is -2.25. The van der Waals surface area contributed by atoms with E-state index in [0.29, 0.717) is 6.42 Å². The summed E-state index contributed by atoms with van der Waals surface area (Å²) >= 11 is 0. The number of rotatable bonds is 3. The van der Waals surface area contributed by atoms with Crippen LogP contribution in [0.25, 0.3) is 0 Å². The van der Waals surface area contributed by atoms with Crippen molar-refractivity contribution in [1.82, 2.24) is 5.32 Å². The van der Waals surface area contributed by atoms with Gasteiger partial charge in [-0.2, -0.15) is 13.2 Å². The Morgan fingerprint density at radius 2 is 1.94 bits per heavy atom. The third-order valence-electron chi connectivity index (χ3n) is 2.86. The number of hydrogen-bond donors (Lipinski definition) is 1. The van der Waals surface area contributed by atoms with E-state index in [9.17, 15) is 18.0 Å². The summed E-state index contributed by atoms with van der Waals surface area (Å²) in [4.78, 5) is 11.6. The van der Waals surface area contributed by atoms with Crippen molar-refractivity contribution in [2.75, 3.05) is 19.8 Å². The highest BCUT2D eigenvalue weighted by molar-refractivity contribution is 5.83. The lowest BCUT2D eigenvalue weighted by Gasteiger charge is -2.37. The van der Waals surface area contributed by atoms with Crippen LogP contribution in [0, 0.1) is 5.41 Å². The van der Waals surface area contributed by atoms with Gasteiger partial charge in [-0.05, 0) is 19.3 Å². The molecule has 0 radical (unpaired) electrons. The quantitative estimate of drug-likeness (QED) is 0.816. The molecule has 16 heavy (non-hydrogen) atoms. The number of alkyl halides is 3. The minimum atomic E-state index is -4.51. The first kappa shape index (κ1) is 13.3. The molecule has 6 heteroatoms. The monoisotopic (exact) mass is 239 g/mol. The standard InChI is InChI=1S/C10H16F3NO2/c1-2-5-14-8(15)9(10(11,12)13)3-6-16-7-4-9/h2-7H2,1H3,(H,14,15). The van der Waals surface area contributed by atoms with Crippen LogP contribution in [0.2, 0.25) is 0 Å². The van der Waals surface area contributed by atoms with E-state index < -0.39 is 17.5 Å². The van der Waals surface area contributed by atoms with Crippen molar-refractivity contribution in [2.45, 2.75) is 32.4 Å². The average Bonchev–Trinajstić information content (AvgIpc) is 2.25. The van der Waals surface area contributed by atoms with Gasteiger partial charge in [0.1, 0.15) is 5.41 Å². The van der Waals surface area contributed by atoms with Gasteiger partial charge in [0, 0.05) is 19.8 Å². The second-order valence-corrected chi connectivity index (χ2v) is 3.95. The number of hydrogen-bond acceptors (Lipinski definition) is 2. The first-order valence-corrected chi connectivity index (χ1v) is 5.37. The molecule has 0 atom stereocenters. The Morgan fingerprint density at radius 3 is 2.38 bits per heavy atom. The molecule has 1 fully saturated rings. The van der Waals surface area contributed by atoms with E-state index in [4.69, 9.17) is 4.74 Å². The van der Waals surface area contributed by atoms with Gasteiger partial charge in [0.15, 0.2) is 0 Å². The molecule has 1 N–H and O–H groups in total. The molecular weight excluding hydrogens is 223 g/mol. The highest BCUT2D eigenvalue weighted by Gasteiger charge is 2.60. The lowest BCUT2D eigenvalue weighted by Crippen LogP contribution is -2.53. The first-order chi connectivity index (χ1) is 7.44. The van der Waals surface area contributed by atoms with E-state index in [2.05, 4.69) is 5.32 Å². The van der Waals surface area contributed by atoms with E-state index in [-0.39, 0.29) is 32.6 Å². The van der Waals surface area contributed by atoms with Crippen LogP contribution in [0.4, 0.5) is 13.2 Å². The van der Waals surface area contributed by atoms with Crippen LogP contribution < -0.4 is 5.32 Å². The topological polar surface area (TPSA) is 38.3 Å². The molecule has 1 aliphatic heterocycles. The van der Waals surface area contributed by atoms with E-state index in [1.807, 2.05) is 0 Å². The minimum Gasteiger partial charge on any atom is -0.381 e. The summed E-state index contributed by atoms with van der Waals surface area (Å²) in [6.45, 7) is 2.04. The number of carbonyl (C=O) groups excluding carboxylic acids is 1. The molecule has 1 aliphatic rings. The van der Waals surface area contributed by atoms with Crippen molar-refractivity contribution >= 4 is 5.91 Å². The Labute approximate surface area is 92.3 Å². The molecule has 3 nitrogen and oxygen atoms in total. The number of nitrogens with one attached hydrogen (secondary N) is 1. The predicted molar refractivity (Wildman–Crippen MR) is 51.8 cm³/mol. The molecule has 1 amide bonds. The Bertz CT molecular complexity index is 247. The van der Waals surface area contributed by atoms with Crippen molar-refractivity contribution in [1.29, 1.82) is 0 Å². The maximum atomic E-state index is 13.0. The lowest BCUT2D eigenvalue weighted by molar-refractivity contribution is -0.239.